The van der Waals surface area contributed by atoms with E-state index in [4.69, 9.17) is 11.6 Å². The molecule has 2 heterocycles. The van der Waals surface area contributed by atoms with Crippen molar-refractivity contribution in [2.24, 2.45) is 12.1 Å². The first-order valence-corrected chi connectivity index (χ1v) is 8.89. The number of aromatic nitrogens is 2. The number of rotatable bonds is 3. The summed E-state index contributed by atoms with van der Waals surface area (Å²) in [5.41, 5.74) is 5.82. The van der Waals surface area contributed by atoms with Crippen molar-refractivity contribution >= 4 is 45.1 Å². The van der Waals surface area contributed by atoms with Gasteiger partial charge in [-0.3, -0.25) is 14.8 Å². The number of nitrogens with one attached hydrogen (secondary N) is 1. The van der Waals surface area contributed by atoms with Crippen LogP contribution in [0.5, 0.6) is 0 Å². The second kappa shape index (κ2) is 6.03. The van der Waals surface area contributed by atoms with Crippen molar-refractivity contribution in [3.8, 4) is 0 Å². The normalized spacial score (nSPS) is 13.8. The molecular formula is C17H15ClN4OS. The monoisotopic (exact) mass is 358 g/mol. The molecule has 1 aliphatic carbocycles. The lowest BCUT2D eigenvalue weighted by Gasteiger charge is -2.04. The van der Waals surface area contributed by atoms with E-state index >= 15 is 0 Å². The van der Waals surface area contributed by atoms with Crippen LogP contribution in [-0.2, 0) is 19.9 Å². The van der Waals surface area contributed by atoms with Gasteiger partial charge in [0.25, 0.3) is 5.56 Å². The van der Waals surface area contributed by atoms with E-state index in [1.165, 1.54) is 10.4 Å². The Morgan fingerprint density at radius 3 is 2.92 bits per heavy atom. The van der Waals surface area contributed by atoms with Gasteiger partial charge >= 0.3 is 0 Å². The summed E-state index contributed by atoms with van der Waals surface area (Å²) >= 11 is 7.45. The van der Waals surface area contributed by atoms with Gasteiger partial charge in [0, 0.05) is 16.9 Å². The third-order valence-corrected chi connectivity index (χ3v) is 5.70. The maximum atomic E-state index is 12.6. The maximum Gasteiger partial charge on any atom is 0.271 e. The van der Waals surface area contributed by atoms with Crippen LogP contribution in [0.3, 0.4) is 0 Å². The van der Waals surface area contributed by atoms with Crippen molar-refractivity contribution in [1.82, 2.24) is 9.55 Å². The number of anilines is 1. The fourth-order valence-corrected chi connectivity index (χ4v) is 4.33. The summed E-state index contributed by atoms with van der Waals surface area (Å²) in [5.74, 6) is 0.543. The number of halogens is 1. The van der Waals surface area contributed by atoms with Crippen molar-refractivity contribution in [3.63, 3.8) is 0 Å². The molecule has 0 fully saturated rings. The van der Waals surface area contributed by atoms with Gasteiger partial charge in [-0.15, -0.1) is 11.3 Å². The predicted molar refractivity (Wildman–Crippen MR) is 99.6 cm³/mol. The fraction of sp³-hybridized carbons (Fsp3) is 0.235. The maximum absolute atomic E-state index is 12.6. The largest absolute Gasteiger partial charge is 0.294 e. The second-order valence-corrected chi connectivity index (χ2v) is 7.29. The van der Waals surface area contributed by atoms with Crippen LogP contribution in [0.2, 0.25) is 5.02 Å². The first-order valence-electron chi connectivity index (χ1n) is 7.69. The molecule has 0 saturated heterocycles. The Labute approximate surface area is 147 Å². The topological polar surface area (TPSA) is 59.3 Å². The zero-order valence-corrected chi connectivity index (χ0v) is 14.6. The fourth-order valence-electron chi connectivity index (χ4n) is 2.90. The smallest absolute Gasteiger partial charge is 0.271 e. The van der Waals surface area contributed by atoms with Crippen LogP contribution in [-0.4, -0.2) is 15.8 Å². The van der Waals surface area contributed by atoms with Crippen LogP contribution in [0, 0.1) is 0 Å². The number of hydrogen-bond acceptors (Lipinski definition) is 5. The van der Waals surface area contributed by atoms with E-state index in [1.807, 2.05) is 12.1 Å². The highest BCUT2D eigenvalue weighted by molar-refractivity contribution is 7.19. The van der Waals surface area contributed by atoms with E-state index in [0.29, 0.717) is 10.8 Å². The first-order chi connectivity index (χ1) is 11.6. The molecule has 3 aromatic rings. The number of aryl methyl sites for hydroxylation is 2. The molecule has 4 rings (SSSR count). The van der Waals surface area contributed by atoms with E-state index in [0.717, 1.165) is 35.2 Å². The molecule has 0 radical (unpaired) electrons. The average molecular weight is 359 g/mol. The molecule has 7 heteroatoms. The van der Waals surface area contributed by atoms with Gasteiger partial charge in [0.05, 0.1) is 17.4 Å². The second-order valence-electron chi connectivity index (χ2n) is 5.75. The Hall–Kier alpha value is -2.18. The Morgan fingerprint density at radius 2 is 2.12 bits per heavy atom. The van der Waals surface area contributed by atoms with Crippen LogP contribution in [0.1, 0.15) is 22.7 Å². The minimum absolute atomic E-state index is 0.00709. The minimum Gasteiger partial charge on any atom is -0.294 e. The molecule has 1 aromatic carbocycles. The summed E-state index contributed by atoms with van der Waals surface area (Å²) in [6.07, 6.45) is 4.79. The van der Waals surface area contributed by atoms with E-state index in [-0.39, 0.29) is 5.56 Å². The molecule has 122 valence electrons. The molecule has 0 spiro atoms. The minimum atomic E-state index is -0.00709. The number of benzene rings is 1. The molecule has 0 bridgehead atoms. The quantitative estimate of drug-likeness (QED) is 0.575. The van der Waals surface area contributed by atoms with Crippen LogP contribution >= 0.6 is 22.9 Å². The summed E-state index contributed by atoms with van der Waals surface area (Å²) in [4.78, 5) is 18.5. The molecule has 24 heavy (non-hydrogen) atoms. The molecule has 2 aromatic heterocycles. The van der Waals surface area contributed by atoms with Gasteiger partial charge < -0.3 is 0 Å². The Kier molecular flexibility index (Phi) is 3.86. The van der Waals surface area contributed by atoms with Gasteiger partial charge in [0.2, 0.25) is 0 Å². The number of hydrazone groups is 1. The summed E-state index contributed by atoms with van der Waals surface area (Å²) in [7, 11) is 1.73. The predicted octanol–water partition coefficient (Wildman–Crippen LogP) is 3.58. The summed E-state index contributed by atoms with van der Waals surface area (Å²) < 4.78 is 2.30. The zero-order valence-electron chi connectivity index (χ0n) is 13.0. The van der Waals surface area contributed by atoms with Gasteiger partial charge in [0.1, 0.15) is 4.70 Å². The highest BCUT2D eigenvalue weighted by Crippen LogP contribution is 2.34. The molecule has 1 aliphatic rings. The Bertz CT molecular complexity index is 1000. The molecule has 0 aliphatic heterocycles. The van der Waals surface area contributed by atoms with Crippen LogP contribution in [0.15, 0.2) is 34.2 Å². The van der Waals surface area contributed by atoms with Crippen molar-refractivity contribution in [2.75, 3.05) is 5.43 Å². The van der Waals surface area contributed by atoms with Crippen molar-refractivity contribution < 1.29 is 0 Å². The highest BCUT2D eigenvalue weighted by atomic mass is 35.5. The highest BCUT2D eigenvalue weighted by Gasteiger charge is 2.21. The zero-order chi connectivity index (χ0) is 16.7. The van der Waals surface area contributed by atoms with E-state index in [2.05, 4.69) is 15.5 Å². The average Bonchev–Trinajstić information content (AvgIpc) is 3.16. The number of fused-ring (bicyclic) bond motifs is 3. The van der Waals surface area contributed by atoms with Gasteiger partial charge in [-0.05, 0) is 49.1 Å². The number of thiophene rings is 1. The molecular weight excluding hydrogens is 344 g/mol. The molecule has 0 amide bonds. The van der Waals surface area contributed by atoms with Crippen molar-refractivity contribution in [1.29, 1.82) is 0 Å². The van der Waals surface area contributed by atoms with Crippen molar-refractivity contribution in [2.45, 2.75) is 19.3 Å². The number of nitrogens with zero attached hydrogens (tertiary/aromatic N) is 3. The third kappa shape index (κ3) is 2.61. The van der Waals surface area contributed by atoms with Gasteiger partial charge in [0.15, 0.2) is 5.82 Å². The van der Waals surface area contributed by atoms with Crippen LogP contribution in [0.25, 0.3) is 10.2 Å². The van der Waals surface area contributed by atoms with Crippen molar-refractivity contribution in [3.05, 3.63) is 55.9 Å². The lowest BCUT2D eigenvalue weighted by atomic mass is 10.2. The molecule has 1 N–H and O–H groups in total. The van der Waals surface area contributed by atoms with E-state index in [9.17, 15) is 4.79 Å². The third-order valence-electron chi connectivity index (χ3n) is 4.18. The van der Waals surface area contributed by atoms with Crippen LogP contribution in [0.4, 0.5) is 5.69 Å². The molecule has 0 atom stereocenters. The first kappa shape index (κ1) is 15.4. The summed E-state index contributed by atoms with van der Waals surface area (Å²) in [5, 5.41) is 4.86. The lowest BCUT2D eigenvalue weighted by molar-refractivity contribution is 0.832. The Balaban J connectivity index is 1.68. The summed E-state index contributed by atoms with van der Waals surface area (Å²) in [6, 6.07) is 7.24. The van der Waals surface area contributed by atoms with Gasteiger partial charge in [-0.25, -0.2) is 4.98 Å². The lowest BCUT2D eigenvalue weighted by Crippen LogP contribution is -2.21. The van der Waals surface area contributed by atoms with Gasteiger partial charge in [-0.1, -0.05) is 11.6 Å². The van der Waals surface area contributed by atoms with E-state index < -0.39 is 0 Å². The Morgan fingerprint density at radius 1 is 1.33 bits per heavy atom. The number of hydrogen-bond donors (Lipinski definition) is 1. The van der Waals surface area contributed by atoms with E-state index in [1.54, 1.807) is 41.3 Å². The molecule has 0 unspecified atom stereocenters. The van der Waals surface area contributed by atoms with Gasteiger partial charge in [-0.2, -0.15) is 5.10 Å². The molecule has 5 nitrogen and oxygen atoms in total. The molecule has 0 saturated carbocycles. The SMILES string of the molecule is Cn1c(C=NNc2ccc(Cl)cc2)nc2c3c(sc2c1=O)CCC3. The van der Waals surface area contributed by atoms with Crippen LogP contribution < -0.4 is 11.0 Å². The standard InChI is InChI=1S/C17H15ClN4OS/c1-22-14(9-19-21-11-7-5-10(18)6-8-11)20-15-12-3-2-4-13(12)24-16(15)17(22)23/h5-9,21H,2-4H2,1H3. The summed E-state index contributed by atoms with van der Waals surface area (Å²) in [6.45, 7) is 0.